The number of benzene rings is 2. The van der Waals surface area contributed by atoms with E-state index in [1.54, 1.807) is 0 Å². The summed E-state index contributed by atoms with van der Waals surface area (Å²) in [6, 6.07) is 6.69. The van der Waals surface area contributed by atoms with E-state index >= 15 is 0 Å². The molecule has 0 fully saturated rings. The van der Waals surface area contributed by atoms with Crippen molar-refractivity contribution in [3.05, 3.63) is 59.4 Å². The van der Waals surface area contributed by atoms with Crippen molar-refractivity contribution in [2.75, 3.05) is 5.32 Å². The predicted octanol–water partition coefficient (Wildman–Crippen LogP) is 3.06. The molecule has 2 aromatic rings. The number of carbonyl (C=O) groups excluding carboxylic acids is 1. The molecule has 1 amide bonds. The van der Waals surface area contributed by atoms with Crippen molar-refractivity contribution in [2.45, 2.75) is 0 Å². The third-order valence-corrected chi connectivity index (χ3v) is 2.37. The molecule has 19 heavy (non-hydrogen) atoms. The molecule has 0 bridgehead atoms. The standard InChI is InChI=1S/C13H8F3NO2/c14-10-5-7(6-11(15)12(10)16)13(19)17-8-1-3-9(18)4-2-8/h1-6,18H,(H,17,19). The van der Waals surface area contributed by atoms with Gasteiger partial charge in [-0.15, -0.1) is 0 Å². The summed E-state index contributed by atoms with van der Waals surface area (Å²) >= 11 is 0. The van der Waals surface area contributed by atoms with Crippen molar-refractivity contribution in [1.29, 1.82) is 0 Å². The van der Waals surface area contributed by atoms with Gasteiger partial charge < -0.3 is 10.4 Å². The molecule has 2 N–H and O–H groups in total. The number of phenolic OH excluding ortho intramolecular Hbond substituents is 1. The second-order valence-electron chi connectivity index (χ2n) is 3.75. The first-order valence-corrected chi connectivity index (χ1v) is 5.22. The van der Waals surface area contributed by atoms with Crippen LogP contribution in [-0.2, 0) is 0 Å². The van der Waals surface area contributed by atoms with Crippen molar-refractivity contribution in [3.8, 4) is 5.75 Å². The third-order valence-electron chi connectivity index (χ3n) is 2.37. The summed E-state index contributed by atoms with van der Waals surface area (Å²) in [5.74, 6) is -5.27. The van der Waals surface area contributed by atoms with Crippen molar-refractivity contribution in [3.63, 3.8) is 0 Å². The highest BCUT2D eigenvalue weighted by Gasteiger charge is 2.15. The molecule has 2 aromatic carbocycles. The van der Waals surface area contributed by atoms with Crippen molar-refractivity contribution >= 4 is 11.6 Å². The van der Waals surface area contributed by atoms with Crippen LogP contribution in [0.1, 0.15) is 10.4 Å². The molecular formula is C13H8F3NO2. The van der Waals surface area contributed by atoms with Crippen LogP contribution in [0.4, 0.5) is 18.9 Å². The second-order valence-corrected chi connectivity index (χ2v) is 3.75. The maximum Gasteiger partial charge on any atom is 0.255 e. The van der Waals surface area contributed by atoms with E-state index in [-0.39, 0.29) is 11.3 Å². The van der Waals surface area contributed by atoms with E-state index < -0.39 is 23.4 Å². The first-order valence-electron chi connectivity index (χ1n) is 5.22. The van der Waals surface area contributed by atoms with Gasteiger partial charge in [-0.25, -0.2) is 13.2 Å². The molecule has 2 rings (SSSR count). The number of hydrogen-bond donors (Lipinski definition) is 2. The maximum atomic E-state index is 13.0. The molecule has 0 saturated carbocycles. The number of phenols is 1. The summed E-state index contributed by atoms with van der Waals surface area (Å²) in [4.78, 5) is 11.7. The Balaban J connectivity index is 2.23. The van der Waals surface area contributed by atoms with Gasteiger partial charge in [-0.2, -0.15) is 0 Å². The third kappa shape index (κ3) is 2.85. The smallest absolute Gasteiger partial charge is 0.255 e. The highest BCUT2D eigenvalue weighted by atomic mass is 19.2. The number of hydrogen-bond acceptors (Lipinski definition) is 2. The van der Waals surface area contributed by atoms with Gasteiger partial charge >= 0.3 is 0 Å². The molecule has 6 heteroatoms. The van der Waals surface area contributed by atoms with Crippen LogP contribution in [0.3, 0.4) is 0 Å². The van der Waals surface area contributed by atoms with E-state index in [1.165, 1.54) is 24.3 Å². The lowest BCUT2D eigenvalue weighted by Crippen LogP contribution is -2.13. The maximum absolute atomic E-state index is 13.0. The number of aromatic hydroxyl groups is 1. The van der Waals surface area contributed by atoms with E-state index in [0.29, 0.717) is 17.8 Å². The minimum absolute atomic E-state index is 0.0110. The van der Waals surface area contributed by atoms with Gasteiger partial charge in [0.15, 0.2) is 17.5 Å². The second kappa shape index (κ2) is 5.01. The van der Waals surface area contributed by atoms with Crippen LogP contribution in [0.25, 0.3) is 0 Å². The molecule has 0 aromatic heterocycles. The Bertz CT molecular complexity index is 603. The molecular weight excluding hydrogens is 259 g/mol. The average Bonchev–Trinajstić information content (AvgIpc) is 2.38. The number of carbonyl (C=O) groups is 1. The van der Waals surface area contributed by atoms with Gasteiger partial charge in [0.2, 0.25) is 0 Å². The number of rotatable bonds is 2. The van der Waals surface area contributed by atoms with Gasteiger partial charge in [-0.1, -0.05) is 0 Å². The lowest BCUT2D eigenvalue weighted by molar-refractivity contribution is 0.102. The number of amides is 1. The summed E-state index contributed by atoms with van der Waals surface area (Å²) in [7, 11) is 0. The van der Waals surface area contributed by atoms with Gasteiger partial charge in [0.25, 0.3) is 5.91 Å². The van der Waals surface area contributed by atoms with E-state index in [2.05, 4.69) is 5.32 Å². The highest BCUT2D eigenvalue weighted by Crippen LogP contribution is 2.17. The Morgan fingerprint density at radius 1 is 1.00 bits per heavy atom. The Morgan fingerprint density at radius 2 is 1.53 bits per heavy atom. The van der Waals surface area contributed by atoms with Crippen LogP contribution in [0, 0.1) is 17.5 Å². The molecule has 0 radical (unpaired) electrons. The van der Waals surface area contributed by atoms with Crippen molar-refractivity contribution in [2.24, 2.45) is 0 Å². The van der Waals surface area contributed by atoms with Gasteiger partial charge in [0.05, 0.1) is 0 Å². The summed E-state index contributed by atoms with van der Waals surface area (Å²) < 4.78 is 38.7. The van der Waals surface area contributed by atoms with Crippen LogP contribution >= 0.6 is 0 Å². The van der Waals surface area contributed by atoms with E-state index in [4.69, 9.17) is 5.11 Å². The number of nitrogens with one attached hydrogen (secondary N) is 1. The van der Waals surface area contributed by atoms with E-state index in [1.807, 2.05) is 0 Å². The number of halogens is 3. The molecule has 0 saturated heterocycles. The average molecular weight is 267 g/mol. The zero-order valence-electron chi connectivity index (χ0n) is 9.45. The van der Waals surface area contributed by atoms with Gasteiger partial charge in [0.1, 0.15) is 5.75 Å². The number of anilines is 1. The monoisotopic (exact) mass is 267 g/mol. The van der Waals surface area contributed by atoms with E-state index in [9.17, 15) is 18.0 Å². The Labute approximate surface area is 106 Å². The fraction of sp³-hybridized carbons (Fsp3) is 0. The van der Waals surface area contributed by atoms with Crippen molar-refractivity contribution in [1.82, 2.24) is 0 Å². The van der Waals surface area contributed by atoms with Crippen LogP contribution in [-0.4, -0.2) is 11.0 Å². The van der Waals surface area contributed by atoms with Crippen LogP contribution in [0.5, 0.6) is 5.75 Å². The Kier molecular flexibility index (Phi) is 3.41. The predicted molar refractivity (Wildman–Crippen MR) is 62.4 cm³/mol. The lowest BCUT2D eigenvalue weighted by atomic mass is 10.2. The molecule has 0 aliphatic rings. The first-order chi connectivity index (χ1) is 8.97. The van der Waals surface area contributed by atoms with Gasteiger partial charge in [-0.05, 0) is 36.4 Å². The topological polar surface area (TPSA) is 49.3 Å². The molecule has 0 aliphatic carbocycles. The van der Waals surface area contributed by atoms with Crippen LogP contribution < -0.4 is 5.32 Å². The fourth-order valence-electron chi connectivity index (χ4n) is 1.43. The largest absolute Gasteiger partial charge is 0.508 e. The van der Waals surface area contributed by atoms with Crippen molar-refractivity contribution < 1.29 is 23.1 Å². The molecule has 0 aliphatic heterocycles. The summed E-state index contributed by atoms with van der Waals surface area (Å²) in [5, 5.41) is 11.4. The molecule has 0 atom stereocenters. The van der Waals surface area contributed by atoms with E-state index in [0.717, 1.165) is 0 Å². The molecule has 0 heterocycles. The first kappa shape index (κ1) is 12.9. The lowest BCUT2D eigenvalue weighted by Gasteiger charge is -2.06. The highest BCUT2D eigenvalue weighted by molar-refractivity contribution is 6.04. The van der Waals surface area contributed by atoms with Gasteiger partial charge in [0, 0.05) is 11.3 Å². The summed E-state index contributed by atoms with van der Waals surface area (Å²) in [5.41, 5.74) is -0.0163. The summed E-state index contributed by atoms with van der Waals surface area (Å²) in [6.45, 7) is 0. The molecule has 0 unspecified atom stereocenters. The Hall–Kier alpha value is -2.50. The van der Waals surface area contributed by atoms with Crippen LogP contribution in [0.2, 0.25) is 0 Å². The van der Waals surface area contributed by atoms with Gasteiger partial charge in [-0.3, -0.25) is 4.79 Å². The zero-order chi connectivity index (χ0) is 14.0. The minimum atomic E-state index is -1.62. The molecule has 3 nitrogen and oxygen atoms in total. The quantitative estimate of drug-likeness (QED) is 0.649. The molecule has 98 valence electrons. The normalized spacial score (nSPS) is 10.3. The Morgan fingerprint density at radius 3 is 2.05 bits per heavy atom. The molecule has 0 spiro atoms. The summed E-state index contributed by atoms with van der Waals surface area (Å²) in [6.07, 6.45) is 0. The SMILES string of the molecule is O=C(Nc1ccc(O)cc1)c1cc(F)c(F)c(F)c1. The minimum Gasteiger partial charge on any atom is -0.508 e. The fourth-order valence-corrected chi connectivity index (χ4v) is 1.43. The zero-order valence-corrected chi connectivity index (χ0v) is 9.45. The van der Waals surface area contributed by atoms with Crippen LogP contribution in [0.15, 0.2) is 36.4 Å².